The van der Waals surface area contributed by atoms with Crippen molar-refractivity contribution in [2.45, 2.75) is 30.7 Å². The summed E-state index contributed by atoms with van der Waals surface area (Å²) >= 11 is 1.40. The molecule has 1 amide bonds. The van der Waals surface area contributed by atoms with Crippen molar-refractivity contribution >= 4 is 17.9 Å². The highest BCUT2D eigenvalue weighted by molar-refractivity contribution is 7.99. The molecule has 0 bridgehead atoms. The van der Waals surface area contributed by atoms with Crippen LogP contribution in [0, 0.1) is 5.92 Å². The van der Waals surface area contributed by atoms with E-state index in [9.17, 15) is 9.18 Å². The number of halogens is 1. The molecule has 2 fully saturated rings. The maximum atomic E-state index is 12.8. The fourth-order valence-electron chi connectivity index (χ4n) is 1.72. The Morgan fingerprint density at radius 3 is 3.18 bits per heavy atom. The standard InChI is InChI=1S/C7H10FNOS/c8-4-1-2-5-6(3-4)11-9-7(5)10/h4-6H,1-3H2,(H,9,10). The van der Waals surface area contributed by atoms with Crippen molar-refractivity contribution in [2.75, 3.05) is 0 Å². The van der Waals surface area contributed by atoms with Crippen LogP contribution in [0.3, 0.4) is 0 Å². The Labute approximate surface area is 69.1 Å². The van der Waals surface area contributed by atoms with Crippen molar-refractivity contribution in [1.82, 2.24) is 4.72 Å². The lowest BCUT2D eigenvalue weighted by Crippen LogP contribution is -2.29. The third-order valence-corrected chi connectivity index (χ3v) is 3.52. The molecule has 0 radical (unpaired) electrons. The fourth-order valence-corrected chi connectivity index (χ4v) is 2.87. The SMILES string of the molecule is O=C1NSC2CC(F)CCC12. The molecular formula is C7H10FNOS. The fraction of sp³-hybridized carbons (Fsp3) is 0.857. The average molecular weight is 175 g/mol. The highest BCUT2D eigenvalue weighted by Crippen LogP contribution is 2.38. The van der Waals surface area contributed by atoms with Gasteiger partial charge >= 0.3 is 0 Å². The van der Waals surface area contributed by atoms with Crippen molar-refractivity contribution in [3.8, 4) is 0 Å². The molecule has 2 aliphatic rings. The second-order valence-corrected chi connectivity index (χ2v) is 4.18. The monoisotopic (exact) mass is 175 g/mol. The summed E-state index contributed by atoms with van der Waals surface area (Å²) in [6.07, 6.45) is 1.16. The highest BCUT2D eigenvalue weighted by atomic mass is 32.2. The van der Waals surface area contributed by atoms with E-state index in [-0.39, 0.29) is 17.1 Å². The minimum Gasteiger partial charge on any atom is -0.300 e. The zero-order valence-electron chi connectivity index (χ0n) is 6.05. The van der Waals surface area contributed by atoms with E-state index in [1.54, 1.807) is 0 Å². The van der Waals surface area contributed by atoms with E-state index in [4.69, 9.17) is 0 Å². The Morgan fingerprint density at radius 1 is 1.55 bits per heavy atom. The van der Waals surface area contributed by atoms with Gasteiger partial charge in [0, 0.05) is 5.25 Å². The number of alkyl halides is 1. The van der Waals surface area contributed by atoms with E-state index in [2.05, 4.69) is 4.72 Å². The first-order valence-electron chi connectivity index (χ1n) is 3.87. The predicted octanol–water partition coefficient (Wildman–Crippen LogP) is 1.27. The molecule has 1 heterocycles. The van der Waals surface area contributed by atoms with Crippen LogP contribution < -0.4 is 4.72 Å². The van der Waals surface area contributed by atoms with Gasteiger partial charge in [0.15, 0.2) is 0 Å². The van der Waals surface area contributed by atoms with Crippen LogP contribution in [0.15, 0.2) is 0 Å². The zero-order valence-corrected chi connectivity index (χ0v) is 6.86. The van der Waals surface area contributed by atoms with Gasteiger partial charge in [-0.2, -0.15) is 0 Å². The van der Waals surface area contributed by atoms with Gasteiger partial charge in [0.05, 0.1) is 5.92 Å². The summed E-state index contributed by atoms with van der Waals surface area (Å²) < 4.78 is 15.5. The second-order valence-electron chi connectivity index (χ2n) is 3.14. The van der Waals surface area contributed by atoms with Crippen molar-refractivity contribution in [3.63, 3.8) is 0 Å². The van der Waals surface area contributed by atoms with Crippen LogP contribution in [0.4, 0.5) is 4.39 Å². The van der Waals surface area contributed by atoms with Crippen molar-refractivity contribution in [3.05, 3.63) is 0 Å². The summed E-state index contributed by atoms with van der Waals surface area (Å²) in [5, 5.41) is 0.200. The topological polar surface area (TPSA) is 29.1 Å². The number of hydrogen-bond donors (Lipinski definition) is 1. The molecule has 4 heteroatoms. The Kier molecular flexibility index (Phi) is 1.79. The minimum atomic E-state index is -0.684. The first kappa shape index (κ1) is 7.40. The van der Waals surface area contributed by atoms with Gasteiger partial charge < -0.3 is 0 Å². The number of nitrogens with one attached hydrogen (secondary N) is 1. The van der Waals surface area contributed by atoms with Crippen molar-refractivity contribution in [1.29, 1.82) is 0 Å². The normalized spacial score (nSPS) is 43.4. The molecule has 3 unspecified atom stereocenters. The molecule has 62 valence electrons. The van der Waals surface area contributed by atoms with Crippen LogP contribution in [0.1, 0.15) is 19.3 Å². The van der Waals surface area contributed by atoms with E-state index in [1.165, 1.54) is 11.9 Å². The van der Waals surface area contributed by atoms with E-state index >= 15 is 0 Å². The van der Waals surface area contributed by atoms with Gasteiger partial charge in [-0.3, -0.25) is 9.52 Å². The first-order chi connectivity index (χ1) is 5.27. The van der Waals surface area contributed by atoms with Crippen LogP contribution in [-0.4, -0.2) is 17.3 Å². The predicted molar refractivity (Wildman–Crippen MR) is 41.8 cm³/mol. The third kappa shape index (κ3) is 1.24. The lowest BCUT2D eigenvalue weighted by atomic mass is 9.87. The molecule has 0 aromatic heterocycles. The third-order valence-electron chi connectivity index (χ3n) is 2.38. The smallest absolute Gasteiger partial charge is 0.234 e. The Hall–Kier alpha value is -0.250. The van der Waals surface area contributed by atoms with Gasteiger partial charge in [-0.1, -0.05) is 0 Å². The van der Waals surface area contributed by atoms with Crippen molar-refractivity contribution < 1.29 is 9.18 Å². The molecule has 1 aliphatic carbocycles. The molecule has 0 aromatic carbocycles. The number of fused-ring (bicyclic) bond motifs is 1. The molecule has 0 spiro atoms. The van der Waals surface area contributed by atoms with E-state index in [0.29, 0.717) is 12.8 Å². The maximum absolute atomic E-state index is 12.8. The molecular weight excluding hydrogens is 165 g/mol. The molecule has 2 nitrogen and oxygen atoms in total. The first-order valence-corrected chi connectivity index (χ1v) is 4.75. The van der Waals surface area contributed by atoms with Gasteiger partial charge in [-0.25, -0.2) is 4.39 Å². The number of rotatable bonds is 0. The molecule has 1 N–H and O–H groups in total. The van der Waals surface area contributed by atoms with Crippen LogP contribution in [0.25, 0.3) is 0 Å². The zero-order chi connectivity index (χ0) is 7.84. The summed E-state index contributed by atoms with van der Waals surface area (Å²) in [5.41, 5.74) is 0. The maximum Gasteiger partial charge on any atom is 0.234 e. The summed E-state index contributed by atoms with van der Waals surface area (Å²) in [7, 11) is 0. The molecule has 11 heavy (non-hydrogen) atoms. The van der Waals surface area contributed by atoms with Crippen molar-refractivity contribution in [2.24, 2.45) is 5.92 Å². The molecule has 2 rings (SSSR count). The van der Waals surface area contributed by atoms with Gasteiger partial charge in [-0.15, -0.1) is 0 Å². The van der Waals surface area contributed by atoms with Crippen LogP contribution in [-0.2, 0) is 4.79 Å². The molecule has 1 saturated heterocycles. The number of hydrogen-bond acceptors (Lipinski definition) is 2. The summed E-state index contributed by atoms with van der Waals surface area (Å²) in [5.74, 6) is 0.193. The van der Waals surface area contributed by atoms with Crippen LogP contribution in [0.5, 0.6) is 0 Å². The van der Waals surface area contributed by atoms with Crippen LogP contribution >= 0.6 is 11.9 Å². The second kappa shape index (κ2) is 2.66. The van der Waals surface area contributed by atoms with Crippen LogP contribution in [0.2, 0.25) is 0 Å². The van der Waals surface area contributed by atoms with Gasteiger partial charge in [0.25, 0.3) is 0 Å². The molecule has 0 aromatic rings. The quantitative estimate of drug-likeness (QED) is 0.562. The van der Waals surface area contributed by atoms with E-state index in [1.807, 2.05) is 0 Å². The van der Waals surface area contributed by atoms with E-state index < -0.39 is 6.17 Å². The molecule has 1 saturated carbocycles. The Bertz CT molecular complexity index is 187. The highest BCUT2D eigenvalue weighted by Gasteiger charge is 2.40. The number of carbonyl (C=O) groups excluding carboxylic acids is 1. The van der Waals surface area contributed by atoms with Gasteiger partial charge in [0.2, 0.25) is 5.91 Å². The number of amides is 1. The van der Waals surface area contributed by atoms with Gasteiger partial charge in [0.1, 0.15) is 6.17 Å². The number of carbonyl (C=O) groups is 1. The average Bonchev–Trinajstić information content (AvgIpc) is 2.32. The molecule has 1 aliphatic heterocycles. The lowest BCUT2D eigenvalue weighted by molar-refractivity contribution is -0.123. The Balaban J connectivity index is 2.06. The summed E-state index contributed by atoms with van der Waals surface area (Å²) in [4.78, 5) is 11.1. The van der Waals surface area contributed by atoms with Gasteiger partial charge in [-0.05, 0) is 31.2 Å². The van der Waals surface area contributed by atoms with E-state index in [0.717, 1.165) is 6.42 Å². The lowest BCUT2D eigenvalue weighted by Gasteiger charge is -2.23. The summed E-state index contributed by atoms with van der Waals surface area (Å²) in [6.45, 7) is 0. The Morgan fingerprint density at radius 2 is 2.36 bits per heavy atom. The largest absolute Gasteiger partial charge is 0.300 e. The minimum absolute atomic E-state index is 0.0898. The summed E-state index contributed by atoms with van der Waals surface area (Å²) in [6, 6.07) is 0. The molecule has 3 atom stereocenters.